The van der Waals surface area contributed by atoms with Gasteiger partial charge in [-0.15, -0.1) is 0 Å². The number of unbranched alkanes of at least 4 members (excludes halogenated alkanes) is 25. The topological polar surface area (TPSA) is 78.9 Å². The van der Waals surface area contributed by atoms with Gasteiger partial charge in [-0.05, 0) is 116 Å². The van der Waals surface area contributed by atoms with Crippen LogP contribution < -0.4 is 0 Å². The smallest absolute Gasteiger partial charge is 0.306 e. The fourth-order valence-electron chi connectivity index (χ4n) is 8.83. The highest BCUT2D eigenvalue weighted by Gasteiger charge is 2.19. The van der Waals surface area contributed by atoms with Gasteiger partial charge in [-0.3, -0.25) is 14.4 Å². The Labute approximate surface area is 487 Å². The Morgan fingerprint density at radius 1 is 0.266 bits per heavy atom. The molecule has 0 aromatic rings. The Kier molecular flexibility index (Phi) is 62.3. The minimum Gasteiger partial charge on any atom is -0.462 e. The van der Waals surface area contributed by atoms with E-state index in [-0.39, 0.29) is 31.1 Å². The van der Waals surface area contributed by atoms with Crippen molar-refractivity contribution in [2.75, 3.05) is 13.2 Å². The van der Waals surface area contributed by atoms with E-state index in [1.54, 1.807) is 0 Å². The summed E-state index contributed by atoms with van der Waals surface area (Å²) in [6, 6.07) is 0. The van der Waals surface area contributed by atoms with E-state index in [2.05, 4.69) is 154 Å². The molecule has 0 bridgehead atoms. The van der Waals surface area contributed by atoms with Gasteiger partial charge in [0.25, 0.3) is 0 Å². The summed E-state index contributed by atoms with van der Waals surface area (Å²) < 4.78 is 16.8. The second kappa shape index (κ2) is 66.1. The molecule has 0 saturated heterocycles. The van der Waals surface area contributed by atoms with Gasteiger partial charge in [0.05, 0.1) is 0 Å². The first-order valence-electron chi connectivity index (χ1n) is 32.7. The van der Waals surface area contributed by atoms with Gasteiger partial charge in [-0.2, -0.15) is 0 Å². The fraction of sp³-hybridized carbons (Fsp3) is 0.658. The molecule has 1 unspecified atom stereocenters. The molecule has 6 heteroatoms. The predicted octanol–water partition coefficient (Wildman–Crippen LogP) is 22.5. The molecule has 0 aliphatic carbocycles. The standard InChI is InChI=1S/C73H120O6/c1-4-7-10-13-16-18-20-22-24-26-28-30-32-33-34-35-36-37-38-39-41-42-44-46-48-50-52-54-57-60-63-66-72(75)78-69-70(68-77-71(74)65-62-59-56-15-12-9-6-3)79-73(76)67-64-61-58-55-53-51-49-47-45-43-40-31-29-27-25-23-21-19-17-14-11-8-5-2/h7-8,10-11,16-19,22-25,28-31,33-34,43,45,49,51,70H,4-6,9,12-15,20-21,26-27,32,35-42,44,46-48,50,52-69H2,1-3H3/b10-7-,11-8-,18-16-,19-17-,24-22-,25-23-,30-28-,31-29-,34-33-,45-43-,51-49-. The number of esters is 3. The Hall–Kier alpha value is -4.45. The van der Waals surface area contributed by atoms with Crippen molar-refractivity contribution in [3.05, 3.63) is 134 Å². The lowest BCUT2D eigenvalue weighted by Gasteiger charge is -2.18. The molecule has 79 heavy (non-hydrogen) atoms. The zero-order chi connectivity index (χ0) is 57.1. The highest BCUT2D eigenvalue weighted by Crippen LogP contribution is 2.16. The summed E-state index contributed by atoms with van der Waals surface area (Å²) >= 11 is 0. The van der Waals surface area contributed by atoms with Crippen molar-refractivity contribution in [1.29, 1.82) is 0 Å². The summed E-state index contributed by atoms with van der Waals surface area (Å²) in [6.07, 6.45) is 93.5. The number of hydrogen-bond donors (Lipinski definition) is 0. The maximum atomic E-state index is 12.9. The molecule has 0 saturated carbocycles. The van der Waals surface area contributed by atoms with Crippen LogP contribution in [0, 0.1) is 0 Å². The first kappa shape index (κ1) is 74.5. The monoisotopic (exact) mass is 1090 g/mol. The predicted molar refractivity (Wildman–Crippen MR) is 343 cm³/mol. The molecule has 0 amide bonds. The molecule has 0 rings (SSSR count). The molecular formula is C73H120O6. The Balaban J connectivity index is 4.15. The first-order valence-corrected chi connectivity index (χ1v) is 32.7. The third-order valence-electron chi connectivity index (χ3n) is 13.7. The van der Waals surface area contributed by atoms with E-state index in [0.717, 1.165) is 141 Å². The van der Waals surface area contributed by atoms with Gasteiger partial charge in [0.15, 0.2) is 6.10 Å². The van der Waals surface area contributed by atoms with Crippen LogP contribution in [0.2, 0.25) is 0 Å². The van der Waals surface area contributed by atoms with Crippen molar-refractivity contribution in [2.45, 2.75) is 297 Å². The van der Waals surface area contributed by atoms with Crippen molar-refractivity contribution < 1.29 is 28.6 Å². The van der Waals surface area contributed by atoms with Crippen LogP contribution in [0.5, 0.6) is 0 Å². The van der Waals surface area contributed by atoms with Crippen LogP contribution >= 0.6 is 0 Å². The Bertz CT molecular complexity index is 1680. The molecule has 0 aliphatic heterocycles. The maximum absolute atomic E-state index is 12.9. The van der Waals surface area contributed by atoms with Gasteiger partial charge in [-0.1, -0.05) is 289 Å². The molecule has 0 spiro atoms. The average Bonchev–Trinajstić information content (AvgIpc) is 3.45. The minimum atomic E-state index is -0.793. The van der Waals surface area contributed by atoms with Gasteiger partial charge in [0.1, 0.15) is 13.2 Å². The highest BCUT2D eigenvalue weighted by atomic mass is 16.6. The van der Waals surface area contributed by atoms with Gasteiger partial charge in [0, 0.05) is 19.3 Å². The molecular weight excluding hydrogens is 973 g/mol. The van der Waals surface area contributed by atoms with Crippen LogP contribution in [-0.4, -0.2) is 37.2 Å². The number of ether oxygens (including phenoxy) is 3. The molecule has 448 valence electrons. The van der Waals surface area contributed by atoms with Gasteiger partial charge < -0.3 is 14.2 Å². The minimum absolute atomic E-state index is 0.0895. The summed E-state index contributed by atoms with van der Waals surface area (Å²) in [6.45, 7) is 6.36. The van der Waals surface area contributed by atoms with Crippen LogP contribution in [0.25, 0.3) is 0 Å². The summed E-state index contributed by atoms with van der Waals surface area (Å²) in [5, 5.41) is 0. The molecule has 1 atom stereocenters. The molecule has 0 N–H and O–H groups in total. The number of allylic oxidation sites excluding steroid dienone is 22. The van der Waals surface area contributed by atoms with Crippen molar-refractivity contribution in [3.8, 4) is 0 Å². The molecule has 6 nitrogen and oxygen atoms in total. The molecule has 0 fully saturated rings. The third kappa shape index (κ3) is 64.3. The fourth-order valence-corrected chi connectivity index (χ4v) is 8.83. The van der Waals surface area contributed by atoms with Crippen molar-refractivity contribution in [2.24, 2.45) is 0 Å². The maximum Gasteiger partial charge on any atom is 0.306 e. The van der Waals surface area contributed by atoms with Crippen molar-refractivity contribution in [3.63, 3.8) is 0 Å². The lowest BCUT2D eigenvalue weighted by molar-refractivity contribution is -0.167. The van der Waals surface area contributed by atoms with E-state index >= 15 is 0 Å². The number of carbonyl (C=O) groups is 3. The summed E-state index contributed by atoms with van der Waals surface area (Å²) in [5.41, 5.74) is 0. The largest absolute Gasteiger partial charge is 0.462 e. The molecule has 0 aromatic carbocycles. The molecule has 0 aliphatic rings. The van der Waals surface area contributed by atoms with Gasteiger partial charge in [-0.25, -0.2) is 0 Å². The van der Waals surface area contributed by atoms with E-state index in [0.29, 0.717) is 19.3 Å². The second-order valence-electron chi connectivity index (χ2n) is 21.3. The van der Waals surface area contributed by atoms with Crippen LogP contribution in [0.15, 0.2) is 134 Å². The summed E-state index contributed by atoms with van der Waals surface area (Å²) in [5.74, 6) is -0.918. The average molecular weight is 1090 g/mol. The summed E-state index contributed by atoms with van der Waals surface area (Å²) in [4.78, 5) is 38.1. The lowest BCUT2D eigenvalue weighted by Crippen LogP contribution is -2.30. The van der Waals surface area contributed by atoms with Crippen LogP contribution in [0.1, 0.15) is 290 Å². The zero-order valence-corrected chi connectivity index (χ0v) is 51.3. The third-order valence-corrected chi connectivity index (χ3v) is 13.7. The molecule has 0 radical (unpaired) electrons. The van der Waals surface area contributed by atoms with Gasteiger partial charge >= 0.3 is 17.9 Å². The Morgan fingerprint density at radius 3 is 0.772 bits per heavy atom. The van der Waals surface area contributed by atoms with Crippen molar-refractivity contribution in [1.82, 2.24) is 0 Å². The van der Waals surface area contributed by atoms with E-state index in [9.17, 15) is 14.4 Å². The Morgan fingerprint density at radius 2 is 0.494 bits per heavy atom. The number of rotatable bonds is 58. The van der Waals surface area contributed by atoms with E-state index in [4.69, 9.17) is 14.2 Å². The first-order chi connectivity index (χ1) is 39.0. The SMILES string of the molecule is CC/C=C\C/C=C\C/C=C\C/C=C\C/C=C\C/C=C\CCCCCCC(=O)OC(COC(=O)CCCCCCCCC)COC(=O)CCCCCCCCCCCCCCCCC/C=C\C/C=C\C/C=C\C/C=C\C/C=C\CC. The second-order valence-corrected chi connectivity index (χ2v) is 21.3. The highest BCUT2D eigenvalue weighted by molar-refractivity contribution is 5.71. The van der Waals surface area contributed by atoms with Crippen LogP contribution in [-0.2, 0) is 28.6 Å². The van der Waals surface area contributed by atoms with E-state index < -0.39 is 6.10 Å². The van der Waals surface area contributed by atoms with E-state index in [1.807, 2.05) is 0 Å². The van der Waals surface area contributed by atoms with Gasteiger partial charge in [0.2, 0.25) is 0 Å². The quantitative estimate of drug-likeness (QED) is 0.0261. The summed E-state index contributed by atoms with van der Waals surface area (Å²) in [7, 11) is 0. The molecule has 0 aromatic heterocycles. The molecule has 0 heterocycles. The normalized spacial score (nSPS) is 13.0. The van der Waals surface area contributed by atoms with Crippen LogP contribution in [0.3, 0.4) is 0 Å². The zero-order valence-electron chi connectivity index (χ0n) is 51.3. The number of carbonyl (C=O) groups excluding carboxylic acids is 3. The van der Waals surface area contributed by atoms with Crippen molar-refractivity contribution >= 4 is 17.9 Å². The van der Waals surface area contributed by atoms with E-state index in [1.165, 1.54) is 109 Å². The number of hydrogen-bond acceptors (Lipinski definition) is 6. The lowest BCUT2D eigenvalue weighted by atomic mass is 10.0. The van der Waals surface area contributed by atoms with Crippen LogP contribution in [0.4, 0.5) is 0 Å².